The smallest absolute Gasteiger partial charge is 0.136 e. The minimum Gasteiger partial charge on any atom is -0.497 e. The number of anilines is 1. The molecule has 0 aliphatic heterocycles. The van der Waals surface area contributed by atoms with Crippen LogP contribution < -0.4 is 14.8 Å². The molecule has 0 aliphatic carbocycles. The molecule has 1 aromatic heterocycles. The summed E-state index contributed by atoms with van der Waals surface area (Å²) in [5.41, 5.74) is 0.806. The maximum Gasteiger partial charge on any atom is 0.136 e. The van der Waals surface area contributed by atoms with Crippen molar-refractivity contribution < 1.29 is 9.47 Å². The highest BCUT2D eigenvalue weighted by Crippen LogP contribution is 2.22. The lowest BCUT2D eigenvalue weighted by Gasteiger charge is -2.06. The van der Waals surface area contributed by atoms with Gasteiger partial charge >= 0.3 is 0 Å². The third-order valence-corrected chi connectivity index (χ3v) is 2.99. The molecule has 2 aromatic rings. The van der Waals surface area contributed by atoms with Gasteiger partial charge < -0.3 is 14.8 Å². The molecule has 6 heteroatoms. The Balaban J connectivity index is 2.02. The van der Waals surface area contributed by atoms with Crippen LogP contribution in [0, 0.1) is 0 Å². The number of nitrogens with zero attached hydrogens (tertiary/aromatic N) is 2. The maximum atomic E-state index is 5.62. The third kappa shape index (κ3) is 2.85. The first-order valence-corrected chi connectivity index (χ1v) is 5.86. The van der Waals surface area contributed by atoms with Crippen LogP contribution >= 0.6 is 11.5 Å². The molecular weight excluding hydrogens is 238 g/mol. The highest BCUT2D eigenvalue weighted by Gasteiger charge is 2.07. The molecule has 0 saturated heterocycles. The lowest BCUT2D eigenvalue weighted by atomic mass is 10.3. The van der Waals surface area contributed by atoms with Gasteiger partial charge in [0.2, 0.25) is 0 Å². The minimum absolute atomic E-state index is 0.389. The quantitative estimate of drug-likeness (QED) is 0.882. The fraction of sp³-hybridized carbons (Fsp3) is 0.273. The largest absolute Gasteiger partial charge is 0.497 e. The van der Waals surface area contributed by atoms with E-state index >= 15 is 0 Å². The molecule has 1 N–H and O–H groups in total. The standard InChI is InChI=1S/C11H13N3O2S/c1-12-11-10(13-14-17-11)7-16-9-5-3-4-8(6-9)15-2/h3-6,12H,7H2,1-2H3. The summed E-state index contributed by atoms with van der Waals surface area (Å²) < 4.78 is 14.6. The van der Waals surface area contributed by atoms with E-state index in [0.717, 1.165) is 22.2 Å². The van der Waals surface area contributed by atoms with Crippen LogP contribution in [0.2, 0.25) is 0 Å². The number of benzene rings is 1. The fourth-order valence-corrected chi connectivity index (χ4v) is 1.85. The normalized spacial score (nSPS) is 10.0. The summed E-state index contributed by atoms with van der Waals surface area (Å²) in [4.78, 5) is 0. The molecule has 0 saturated carbocycles. The van der Waals surface area contributed by atoms with Gasteiger partial charge in [-0.2, -0.15) is 0 Å². The molecule has 5 nitrogen and oxygen atoms in total. The lowest BCUT2D eigenvalue weighted by Crippen LogP contribution is -1.99. The highest BCUT2D eigenvalue weighted by atomic mass is 32.1. The van der Waals surface area contributed by atoms with Crippen molar-refractivity contribution in [2.24, 2.45) is 0 Å². The van der Waals surface area contributed by atoms with Crippen molar-refractivity contribution in [2.45, 2.75) is 6.61 Å². The van der Waals surface area contributed by atoms with Crippen LogP contribution in [0.15, 0.2) is 24.3 Å². The van der Waals surface area contributed by atoms with Crippen LogP contribution in [0.1, 0.15) is 5.69 Å². The van der Waals surface area contributed by atoms with E-state index < -0.39 is 0 Å². The van der Waals surface area contributed by atoms with Gasteiger partial charge in [-0.05, 0) is 12.1 Å². The molecule has 90 valence electrons. The third-order valence-electron chi connectivity index (χ3n) is 2.20. The number of aromatic nitrogens is 2. The monoisotopic (exact) mass is 251 g/mol. The van der Waals surface area contributed by atoms with Crippen molar-refractivity contribution in [3.05, 3.63) is 30.0 Å². The molecule has 0 aliphatic rings. The predicted molar refractivity (Wildman–Crippen MR) is 66.8 cm³/mol. The molecule has 2 rings (SSSR count). The lowest BCUT2D eigenvalue weighted by molar-refractivity contribution is 0.299. The van der Waals surface area contributed by atoms with Gasteiger partial charge in [0, 0.05) is 24.6 Å². The summed E-state index contributed by atoms with van der Waals surface area (Å²) in [6.07, 6.45) is 0. The van der Waals surface area contributed by atoms with E-state index in [4.69, 9.17) is 9.47 Å². The van der Waals surface area contributed by atoms with E-state index in [1.54, 1.807) is 7.11 Å². The number of hydrogen-bond donors (Lipinski definition) is 1. The summed E-state index contributed by atoms with van der Waals surface area (Å²) in [5.74, 6) is 1.52. The van der Waals surface area contributed by atoms with Gasteiger partial charge in [0.1, 0.15) is 28.8 Å². The molecule has 0 spiro atoms. The van der Waals surface area contributed by atoms with Crippen molar-refractivity contribution >= 4 is 16.5 Å². The van der Waals surface area contributed by atoms with Crippen molar-refractivity contribution in [1.82, 2.24) is 9.59 Å². The van der Waals surface area contributed by atoms with E-state index in [9.17, 15) is 0 Å². The summed E-state index contributed by atoms with van der Waals surface area (Å²) in [5, 5.41) is 7.94. The zero-order chi connectivity index (χ0) is 12.1. The van der Waals surface area contributed by atoms with Gasteiger partial charge in [0.25, 0.3) is 0 Å². The topological polar surface area (TPSA) is 56.3 Å². The van der Waals surface area contributed by atoms with Gasteiger partial charge in [-0.25, -0.2) is 0 Å². The minimum atomic E-state index is 0.389. The zero-order valence-electron chi connectivity index (χ0n) is 9.64. The Morgan fingerprint density at radius 1 is 1.35 bits per heavy atom. The molecule has 0 amide bonds. The molecule has 1 heterocycles. The van der Waals surface area contributed by atoms with Crippen LogP contribution in [0.4, 0.5) is 5.00 Å². The van der Waals surface area contributed by atoms with Gasteiger partial charge in [0.15, 0.2) is 0 Å². The first-order chi connectivity index (χ1) is 8.33. The first kappa shape index (κ1) is 11.7. The van der Waals surface area contributed by atoms with Crippen molar-refractivity contribution in [2.75, 3.05) is 19.5 Å². The summed E-state index contributed by atoms with van der Waals surface area (Å²) in [6.45, 7) is 0.389. The van der Waals surface area contributed by atoms with Crippen LogP contribution in [0.25, 0.3) is 0 Å². The van der Waals surface area contributed by atoms with Gasteiger partial charge in [-0.15, -0.1) is 5.10 Å². The number of methoxy groups -OCH3 is 1. The van der Waals surface area contributed by atoms with E-state index in [1.165, 1.54) is 11.5 Å². The molecule has 0 atom stereocenters. The number of ether oxygens (including phenoxy) is 2. The van der Waals surface area contributed by atoms with E-state index in [2.05, 4.69) is 14.9 Å². The molecular formula is C11H13N3O2S. The Morgan fingerprint density at radius 3 is 2.94 bits per heavy atom. The average molecular weight is 251 g/mol. The molecule has 0 radical (unpaired) electrons. The molecule has 0 unspecified atom stereocenters. The Hall–Kier alpha value is -1.82. The van der Waals surface area contributed by atoms with E-state index in [1.807, 2.05) is 31.3 Å². The fourth-order valence-electron chi connectivity index (χ4n) is 1.34. The maximum absolute atomic E-state index is 5.62. The summed E-state index contributed by atoms with van der Waals surface area (Å²) in [7, 11) is 3.47. The van der Waals surface area contributed by atoms with Crippen LogP contribution in [0.3, 0.4) is 0 Å². The van der Waals surface area contributed by atoms with E-state index in [0.29, 0.717) is 6.61 Å². The van der Waals surface area contributed by atoms with Crippen molar-refractivity contribution in [3.63, 3.8) is 0 Å². The average Bonchev–Trinajstić information content (AvgIpc) is 2.84. The summed E-state index contributed by atoms with van der Waals surface area (Å²) >= 11 is 1.32. The van der Waals surface area contributed by atoms with Gasteiger partial charge in [-0.1, -0.05) is 10.6 Å². The Morgan fingerprint density at radius 2 is 2.18 bits per heavy atom. The zero-order valence-corrected chi connectivity index (χ0v) is 10.5. The number of hydrogen-bond acceptors (Lipinski definition) is 6. The van der Waals surface area contributed by atoms with Crippen molar-refractivity contribution in [3.8, 4) is 11.5 Å². The second kappa shape index (κ2) is 5.49. The SMILES string of the molecule is CNc1snnc1COc1cccc(OC)c1. The highest BCUT2D eigenvalue weighted by molar-refractivity contribution is 7.10. The van der Waals surface area contributed by atoms with Crippen LogP contribution in [-0.2, 0) is 6.61 Å². The molecule has 17 heavy (non-hydrogen) atoms. The molecule has 0 fully saturated rings. The van der Waals surface area contributed by atoms with Crippen molar-refractivity contribution in [1.29, 1.82) is 0 Å². The van der Waals surface area contributed by atoms with Gasteiger partial charge in [0.05, 0.1) is 7.11 Å². The molecule has 0 bridgehead atoms. The second-order valence-corrected chi connectivity index (χ2v) is 4.02. The Labute approximate surface area is 104 Å². The molecule has 1 aromatic carbocycles. The van der Waals surface area contributed by atoms with Gasteiger partial charge in [-0.3, -0.25) is 0 Å². The van der Waals surface area contributed by atoms with Crippen LogP contribution in [-0.4, -0.2) is 23.7 Å². The second-order valence-electron chi connectivity index (χ2n) is 3.27. The Bertz CT molecular complexity index is 487. The predicted octanol–water partition coefficient (Wildman–Crippen LogP) is 2.17. The Kier molecular flexibility index (Phi) is 3.77. The summed E-state index contributed by atoms with van der Waals surface area (Å²) in [6, 6.07) is 7.46. The number of rotatable bonds is 5. The number of nitrogens with one attached hydrogen (secondary N) is 1. The van der Waals surface area contributed by atoms with Crippen LogP contribution in [0.5, 0.6) is 11.5 Å². The first-order valence-electron chi connectivity index (χ1n) is 5.09. The van der Waals surface area contributed by atoms with E-state index in [-0.39, 0.29) is 0 Å².